The molecule has 0 aromatic rings. The molecule has 1 N–H and O–H groups in total. The molecular formula is C12H25NO2S. The number of nitrogens with one attached hydrogen (secondary N) is 1. The quantitative estimate of drug-likeness (QED) is 0.502. The molecule has 4 heteroatoms. The van der Waals surface area contributed by atoms with Gasteiger partial charge in [-0.25, -0.2) is 0 Å². The number of ether oxygens (including phenoxy) is 1. The Morgan fingerprint density at radius 1 is 1.44 bits per heavy atom. The third kappa shape index (κ3) is 7.12. The van der Waals surface area contributed by atoms with Crippen LogP contribution in [0.25, 0.3) is 0 Å². The summed E-state index contributed by atoms with van der Waals surface area (Å²) in [6.45, 7) is 6.52. The van der Waals surface area contributed by atoms with Gasteiger partial charge in [0.05, 0.1) is 6.61 Å². The van der Waals surface area contributed by atoms with Crippen molar-refractivity contribution >= 4 is 17.7 Å². The number of carbonyl (C=O) groups excluding carboxylic acids is 1. The molecule has 3 nitrogen and oxygen atoms in total. The van der Waals surface area contributed by atoms with Crippen LogP contribution in [0.4, 0.5) is 0 Å². The van der Waals surface area contributed by atoms with E-state index in [0.29, 0.717) is 12.6 Å². The molecule has 0 aliphatic carbocycles. The zero-order valence-corrected chi connectivity index (χ0v) is 11.7. The van der Waals surface area contributed by atoms with Gasteiger partial charge in [0.2, 0.25) is 0 Å². The number of rotatable bonds is 9. The molecule has 96 valence electrons. The van der Waals surface area contributed by atoms with Gasteiger partial charge in [0.15, 0.2) is 0 Å². The lowest BCUT2D eigenvalue weighted by molar-refractivity contribution is -0.146. The fourth-order valence-corrected chi connectivity index (χ4v) is 1.86. The van der Waals surface area contributed by atoms with Gasteiger partial charge in [-0.2, -0.15) is 11.8 Å². The molecule has 2 unspecified atom stereocenters. The molecule has 0 saturated heterocycles. The standard InChI is InChI=1S/C12H25NO2S/c1-5-10(3)13-11(8-7-9-16-4)12(14)15-6-2/h10-11,13H,5-9H2,1-4H3. The molecule has 16 heavy (non-hydrogen) atoms. The van der Waals surface area contributed by atoms with Gasteiger partial charge in [0.25, 0.3) is 0 Å². The molecule has 0 aromatic carbocycles. The summed E-state index contributed by atoms with van der Waals surface area (Å²) in [7, 11) is 0. The summed E-state index contributed by atoms with van der Waals surface area (Å²) in [5.74, 6) is 0.988. The van der Waals surface area contributed by atoms with Crippen molar-refractivity contribution in [2.45, 2.75) is 52.1 Å². The SMILES string of the molecule is CCOC(=O)C(CCCSC)NC(C)CC. The number of thioether (sulfide) groups is 1. The fraction of sp³-hybridized carbons (Fsp3) is 0.917. The molecule has 0 radical (unpaired) electrons. The summed E-state index contributed by atoms with van der Waals surface area (Å²) in [4.78, 5) is 11.7. The van der Waals surface area contributed by atoms with Crippen LogP contribution in [-0.2, 0) is 9.53 Å². The minimum absolute atomic E-state index is 0.107. The minimum atomic E-state index is -0.137. The van der Waals surface area contributed by atoms with Gasteiger partial charge >= 0.3 is 5.97 Å². The molecule has 0 aromatic heterocycles. The largest absolute Gasteiger partial charge is 0.465 e. The molecule has 0 aliphatic heterocycles. The maximum absolute atomic E-state index is 11.7. The van der Waals surface area contributed by atoms with E-state index in [4.69, 9.17) is 4.74 Å². The highest BCUT2D eigenvalue weighted by atomic mass is 32.2. The zero-order chi connectivity index (χ0) is 12.4. The van der Waals surface area contributed by atoms with Gasteiger partial charge in [0.1, 0.15) is 6.04 Å². The number of hydrogen-bond donors (Lipinski definition) is 1. The molecule has 0 saturated carbocycles. The van der Waals surface area contributed by atoms with Crippen molar-refractivity contribution in [2.75, 3.05) is 18.6 Å². The summed E-state index contributed by atoms with van der Waals surface area (Å²) >= 11 is 1.81. The predicted molar refractivity (Wildman–Crippen MR) is 70.9 cm³/mol. The number of hydrogen-bond acceptors (Lipinski definition) is 4. The van der Waals surface area contributed by atoms with Crippen LogP contribution in [0, 0.1) is 0 Å². The average Bonchev–Trinajstić information content (AvgIpc) is 2.28. The Hall–Kier alpha value is -0.220. The van der Waals surface area contributed by atoms with E-state index in [0.717, 1.165) is 25.0 Å². The van der Waals surface area contributed by atoms with E-state index in [1.54, 1.807) is 0 Å². The molecule has 2 atom stereocenters. The van der Waals surface area contributed by atoms with Gasteiger partial charge in [-0.1, -0.05) is 6.92 Å². The smallest absolute Gasteiger partial charge is 0.323 e. The maximum Gasteiger partial charge on any atom is 0.323 e. The van der Waals surface area contributed by atoms with Gasteiger partial charge in [-0.15, -0.1) is 0 Å². The second kappa shape index (κ2) is 9.97. The van der Waals surface area contributed by atoms with Crippen LogP contribution in [0.5, 0.6) is 0 Å². The van der Waals surface area contributed by atoms with E-state index < -0.39 is 0 Å². The fourth-order valence-electron chi connectivity index (χ4n) is 1.41. The summed E-state index contributed by atoms with van der Waals surface area (Å²) in [6, 6.07) is 0.228. The van der Waals surface area contributed by atoms with Gasteiger partial charge in [0, 0.05) is 6.04 Å². The van der Waals surface area contributed by atoms with Crippen molar-refractivity contribution in [1.29, 1.82) is 0 Å². The Labute approximate surface area is 104 Å². The second-order valence-electron chi connectivity index (χ2n) is 3.92. The predicted octanol–water partition coefficient (Wildman–Crippen LogP) is 2.45. The molecule has 0 amide bonds. The highest BCUT2D eigenvalue weighted by Crippen LogP contribution is 2.06. The van der Waals surface area contributed by atoms with Crippen molar-refractivity contribution < 1.29 is 9.53 Å². The molecule has 0 fully saturated rings. The Morgan fingerprint density at radius 3 is 2.62 bits per heavy atom. The topological polar surface area (TPSA) is 38.3 Å². The van der Waals surface area contributed by atoms with E-state index in [2.05, 4.69) is 25.4 Å². The summed E-state index contributed by atoms with van der Waals surface area (Å²) in [5, 5.41) is 3.33. The van der Waals surface area contributed by atoms with Crippen molar-refractivity contribution in [2.24, 2.45) is 0 Å². The molecule has 0 rings (SSSR count). The van der Waals surface area contributed by atoms with Crippen molar-refractivity contribution in [1.82, 2.24) is 5.32 Å². The molecular weight excluding hydrogens is 222 g/mol. The van der Waals surface area contributed by atoms with Crippen LogP contribution in [0.2, 0.25) is 0 Å². The summed E-state index contributed by atoms with van der Waals surface area (Å²) in [5.41, 5.74) is 0. The zero-order valence-electron chi connectivity index (χ0n) is 10.9. The van der Waals surface area contributed by atoms with Crippen molar-refractivity contribution in [3.8, 4) is 0 Å². The van der Waals surface area contributed by atoms with Gasteiger partial charge in [-0.3, -0.25) is 4.79 Å². The normalized spacial score (nSPS) is 14.5. The van der Waals surface area contributed by atoms with E-state index in [9.17, 15) is 4.79 Å². The monoisotopic (exact) mass is 247 g/mol. The number of carbonyl (C=O) groups is 1. The van der Waals surface area contributed by atoms with Crippen LogP contribution in [0.15, 0.2) is 0 Å². The third-order valence-corrected chi connectivity index (χ3v) is 3.21. The van der Waals surface area contributed by atoms with Crippen molar-refractivity contribution in [3.63, 3.8) is 0 Å². The Balaban J connectivity index is 4.09. The van der Waals surface area contributed by atoms with E-state index >= 15 is 0 Å². The first kappa shape index (κ1) is 15.8. The lowest BCUT2D eigenvalue weighted by Gasteiger charge is -2.21. The first-order valence-electron chi connectivity index (χ1n) is 6.07. The molecule has 0 heterocycles. The summed E-state index contributed by atoms with van der Waals surface area (Å²) in [6.07, 6.45) is 5.03. The molecule has 0 spiro atoms. The first-order valence-corrected chi connectivity index (χ1v) is 7.46. The van der Waals surface area contributed by atoms with Crippen LogP contribution < -0.4 is 5.32 Å². The van der Waals surface area contributed by atoms with Crippen LogP contribution in [-0.4, -0.2) is 36.7 Å². The van der Waals surface area contributed by atoms with Crippen LogP contribution >= 0.6 is 11.8 Å². The Kier molecular flexibility index (Phi) is 9.83. The van der Waals surface area contributed by atoms with E-state index in [1.165, 1.54) is 0 Å². The number of esters is 1. The minimum Gasteiger partial charge on any atom is -0.465 e. The van der Waals surface area contributed by atoms with Crippen LogP contribution in [0.1, 0.15) is 40.0 Å². The summed E-state index contributed by atoms with van der Waals surface area (Å²) < 4.78 is 5.07. The lowest BCUT2D eigenvalue weighted by Crippen LogP contribution is -2.42. The highest BCUT2D eigenvalue weighted by molar-refractivity contribution is 7.98. The third-order valence-electron chi connectivity index (χ3n) is 2.51. The van der Waals surface area contributed by atoms with Gasteiger partial charge < -0.3 is 10.1 Å². The van der Waals surface area contributed by atoms with Crippen molar-refractivity contribution in [3.05, 3.63) is 0 Å². The van der Waals surface area contributed by atoms with E-state index in [-0.39, 0.29) is 12.0 Å². The first-order chi connectivity index (χ1) is 7.65. The lowest BCUT2D eigenvalue weighted by atomic mass is 10.1. The Morgan fingerprint density at radius 2 is 2.12 bits per heavy atom. The maximum atomic E-state index is 11.7. The van der Waals surface area contributed by atoms with Crippen LogP contribution in [0.3, 0.4) is 0 Å². The van der Waals surface area contributed by atoms with E-state index in [1.807, 2.05) is 18.7 Å². The Bertz CT molecular complexity index is 188. The van der Waals surface area contributed by atoms with Gasteiger partial charge in [-0.05, 0) is 45.1 Å². The highest BCUT2D eigenvalue weighted by Gasteiger charge is 2.20. The second-order valence-corrected chi connectivity index (χ2v) is 4.90. The molecule has 0 bridgehead atoms. The average molecular weight is 247 g/mol. The molecule has 0 aliphatic rings.